The van der Waals surface area contributed by atoms with Gasteiger partial charge >= 0.3 is 0 Å². The van der Waals surface area contributed by atoms with Gasteiger partial charge in [-0.1, -0.05) is 12.2 Å². The molecule has 0 saturated heterocycles. The second kappa shape index (κ2) is 2.86. The molecule has 1 aromatic rings. The first-order valence-corrected chi connectivity index (χ1v) is 8.72. The van der Waals surface area contributed by atoms with Crippen LogP contribution in [-0.2, 0) is 0 Å². The maximum atomic E-state index is 5.79. The minimum absolute atomic E-state index is 0.600. The Balaban J connectivity index is 1.58. The summed E-state index contributed by atoms with van der Waals surface area (Å²) in [6.07, 6.45) is 7.59. The molecule has 2 bridgehead atoms. The zero-order chi connectivity index (χ0) is 14.4. The molecule has 8 rings (SSSR count). The molecule has 112 valence electrons. The second-order valence-corrected chi connectivity index (χ2v) is 8.42. The minimum atomic E-state index is 0.600. The smallest absolute Gasteiger partial charge is 0.122 e. The van der Waals surface area contributed by atoms with Gasteiger partial charge in [-0.3, -0.25) is 0 Å². The van der Waals surface area contributed by atoms with E-state index < -0.39 is 0 Å². The van der Waals surface area contributed by atoms with Crippen LogP contribution < -0.4 is 9.47 Å². The average molecular weight is 292 g/mol. The Labute approximate surface area is 130 Å². The number of benzene rings is 1. The van der Waals surface area contributed by atoms with Crippen LogP contribution in [0.2, 0.25) is 0 Å². The van der Waals surface area contributed by atoms with E-state index in [0.29, 0.717) is 10.8 Å². The SMILES string of the molecule is COc1ccc(OC)c2c1[C@H]1[C@@H]3[C@H]4[C@@H]5[C@@H]3[C@@]13CC=CC[C@]53[C@@H]24. The Morgan fingerprint density at radius 1 is 0.818 bits per heavy atom. The summed E-state index contributed by atoms with van der Waals surface area (Å²) in [6.45, 7) is 0. The van der Waals surface area contributed by atoms with E-state index >= 15 is 0 Å². The normalized spacial score (nSPS) is 55.5. The number of ether oxygens (including phenoxy) is 2. The van der Waals surface area contributed by atoms with Gasteiger partial charge in [-0.05, 0) is 71.3 Å². The zero-order valence-corrected chi connectivity index (χ0v) is 13.0. The van der Waals surface area contributed by atoms with E-state index in [4.69, 9.17) is 9.47 Å². The van der Waals surface area contributed by atoms with Crippen molar-refractivity contribution < 1.29 is 9.47 Å². The molecule has 0 amide bonds. The van der Waals surface area contributed by atoms with Crippen molar-refractivity contribution in [2.24, 2.45) is 34.5 Å². The summed E-state index contributed by atoms with van der Waals surface area (Å²) in [5.41, 5.74) is 4.27. The summed E-state index contributed by atoms with van der Waals surface area (Å²) < 4.78 is 11.6. The van der Waals surface area contributed by atoms with E-state index in [0.717, 1.165) is 47.0 Å². The van der Waals surface area contributed by atoms with Crippen molar-refractivity contribution in [3.8, 4) is 11.5 Å². The van der Waals surface area contributed by atoms with Crippen molar-refractivity contribution in [1.82, 2.24) is 0 Å². The summed E-state index contributed by atoms with van der Waals surface area (Å²) in [5.74, 6) is 7.78. The van der Waals surface area contributed by atoms with E-state index in [-0.39, 0.29) is 0 Å². The first-order valence-electron chi connectivity index (χ1n) is 8.72. The van der Waals surface area contributed by atoms with Crippen LogP contribution in [0.15, 0.2) is 24.3 Å². The molecule has 0 unspecified atom stereocenters. The summed E-state index contributed by atoms with van der Waals surface area (Å²) in [4.78, 5) is 0. The molecular formula is C20H20O2. The first kappa shape index (κ1) is 11.2. The highest BCUT2D eigenvalue weighted by Crippen LogP contribution is 3.06. The highest BCUT2D eigenvalue weighted by Gasteiger charge is 3.01. The van der Waals surface area contributed by atoms with Crippen LogP contribution in [0.5, 0.6) is 11.5 Å². The van der Waals surface area contributed by atoms with E-state index in [1.54, 1.807) is 0 Å². The van der Waals surface area contributed by atoms with E-state index in [1.165, 1.54) is 24.0 Å². The lowest BCUT2D eigenvalue weighted by atomic mass is 9.00. The lowest BCUT2D eigenvalue weighted by Gasteiger charge is -3.03. The largest absolute Gasteiger partial charge is 0.496 e. The van der Waals surface area contributed by atoms with Crippen molar-refractivity contribution >= 4 is 0 Å². The fraction of sp³-hybridized carbons (Fsp3) is 0.600. The van der Waals surface area contributed by atoms with Crippen molar-refractivity contribution in [1.29, 1.82) is 0 Å². The number of allylic oxidation sites excluding steroid dienone is 2. The monoisotopic (exact) mass is 292 g/mol. The maximum absolute atomic E-state index is 5.79. The van der Waals surface area contributed by atoms with Gasteiger partial charge in [-0.15, -0.1) is 0 Å². The van der Waals surface area contributed by atoms with Crippen LogP contribution in [0.25, 0.3) is 0 Å². The number of hydrogen-bond donors (Lipinski definition) is 0. The molecule has 4 fully saturated rings. The molecule has 2 heteroatoms. The van der Waals surface area contributed by atoms with Gasteiger partial charge in [0, 0.05) is 11.1 Å². The predicted molar refractivity (Wildman–Crippen MR) is 82.2 cm³/mol. The Hall–Kier alpha value is -1.44. The number of methoxy groups -OCH3 is 2. The predicted octanol–water partition coefficient (Wildman–Crippen LogP) is 3.73. The van der Waals surface area contributed by atoms with Gasteiger partial charge in [0.25, 0.3) is 0 Å². The maximum Gasteiger partial charge on any atom is 0.122 e. The van der Waals surface area contributed by atoms with Crippen LogP contribution in [0.1, 0.15) is 35.8 Å². The summed E-state index contributed by atoms with van der Waals surface area (Å²) in [6, 6.07) is 4.28. The molecule has 22 heavy (non-hydrogen) atoms. The number of hydrogen-bond acceptors (Lipinski definition) is 2. The van der Waals surface area contributed by atoms with Gasteiger partial charge in [-0.25, -0.2) is 0 Å². The van der Waals surface area contributed by atoms with Crippen molar-refractivity contribution in [2.75, 3.05) is 14.2 Å². The molecule has 4 saturated carbocycles. The molecule has 8 atom stereocenters. The number of rotatable bonds is 2. The Bertz CT molecular complexity index is 730. The molecule has 0 heterocycles. The summed E-state index contributed by atoms with van der Waals surface area (Å²) >= 11 is 0. The third-order valence-electron chi connectivity index (χ3n) is 8.94. The molecule has 0 aromatic heterocycles. The van der Waals surface area contributed by atoms with Gasteiger partial charge in [-0.2, -0.15) is 0 Å². The van der Waals surface area contributed by atoms with E-state index in [9.17, 15) is 0 Å². The molecular weight excluding hydrogens is 272 g/mol. The van der Waals surface area contributed by atoms with Gasteiger partial charge < -0.3 is 9.47 Å². The van der Waals surface area contributed by atoms with Gasteiger partial charge in [0.1, 0.15) is 11.5 Å². The average Bonchev–Trinajstić information content (AvgIpc) is 2.54. The standard InChI is InChI=1S/C20H20O2/c1-21-9-5-6-10(22-2)12-11(9)15-13-14-16(12)20-8-4-3-7-19(15,20)17(13)18(14)20/h3-6,13-18H,7-8H2,1-2H3/t13-,14+,15-,16-,17+,18+,19+,20-/m0/s1. The molecule has 2 nitrogen and oxygen atoms in total. The van der Waals surface area contributed by atoms with Gasteiger partial charge in [0.05, 0.1) is 14.2 Å². The van der Waals surface area contributed by atoms with E-state index in [1.807, 2.05) is 14.2 Å². The lowest BCUT2D eigenvalue weighted by Crippen LogP contribution is -2.98. The van der Waals surface area contributed by atoms with Crippen LogP contribution >= 0.6 is 0 Å². The summed E-state index contributed by atoms with van der Waals surface area (Å²) in [7, 11) is 3.66. The Morgan fingerprint density at radius 2 is 1.27 bits per heavy atom. The van der Waals surface area contributed by atoms with Crippen LogP contribution in [-0.4, -0.2) is 14.2 Å². The third-order valence-corrected chi connectivity index (χ3v) is 8.94. The fourth-order valence-electron chi connectivity index (χ4n) is 8.92. The van der Waals surface area contributed by atoms with Crippen molar-refractivity contribution in [3.63, 3.8) is 0 Å². The molecule has 2 spiro atoms. The molecule has 0 radical (unpaired) electrons. The van der Waals surface area contributed by atoms with Crippen molar-refractivity contribution in [2.45, 2.75) is 24.7 Å². The highest BCUT2D eigenvalue weighted by molar-refractivity contribution is 5.69. The van der Waals surface area contributed by atoms with Crippen LogP contribution in [0.4, 0.5) is 0 Å². The molecule has 7 aliphatic carbocycles. The topological polar surface area (TPSA) is 18.5 Å². The highest BCUT2D eigenvalue weighted by atomic mass is 16.5. The molecule has 0 N–H and O–H groups in total. The molecule has 7 aliphatic rings. The zero-order valence-electron chi connectivity index (χ0n) is 13.0. The first-order chi connectivity index (χ1) is 10.8. The van der Waals surface area contributed by atoms with Gasteiger partial charge in [0.15, 0.2) is 0 Å². The second-order valence-electron chi connectivity index (χ2n) is 8.42. The lowest BCUT2D eigenvalue weighted by molar-refractivity contribution is -0.516. The van der Waals surface area contributed by atoms with Gasteiger partial charge in [0.2, 0.25) is 0 Å². The Morgan fingerprint density at radius 3 is 1.68 bits per heavy atom. The molecule has 0 aliphatic heterocycles. The quantitative estimate of drug-likeness (QED) is 0.773. The fourth-order valence-corrected chi connectivity index (χ4v) is 8.92. The summed E-state index contributed by atoms with van der Waals surface area (Å²) in [5, 5.41) is 0. The molecule has 1 aromatic carbocycles. The van der Waals surface area contributed by atoms with E-state index in [2.05, 4.69) is 24.3 Å². The van der Waals surface area contributed by atoms with Crippen LogP contribution in [0, 0.1) is 34.5 Å². The Kier molecular flexibility index (Phi) is 1.45. The van der Waals surface area contributed by atoms with Crippen LogP contribution in [0.3, 0.4) is 0 Å². The minimum Gasteiger partial charge on any atom is -0.496 e. The van der Waals surface area contributed by atoms with Crippen molar-refractivity contribution in [3.05, 3.63) is 35.4 Å². The third kappa shape index (κ3) is 0.654.